The van der Waals surface area contributed by atoms with E-state index in [1.165, 1.54) is 23.2 Å². The van der Waals surface area contributed by atoms with Crippen LogP contribution in [0.5, 0.6) is 0 Å². The molecule has 1 aliphatic carbocycles. The lowest BCUT2D eigenvalue weighted by molar-refractivity contribution is -0.153. The van der Waals surface area contributed by atoms with E-state index in [9.17, 15) is 31.9 Å². The van der Waals surface area contributed by atoms with E-state index < -0.39 is 54.2 Å². The van der Waals surface area contributed by atoms with Gasteiger partial charge in [-0.1, -0.05) is 0 Å². The molecule has 1 saturated carbocycles. The molecule has 0 radical (unpaired) electrons. The largest absolute Gasteiger partial charge is 0.336 e. The van der Waals surface area contributed by atoms with Crippen LogP contribution in [-0.2, 0) is 20.8 Å². The molecule has 176 valence electrons. The third-order valence-electron chi connectivity index (χ3n) is 6.08. The number of amides is 2. The van der Waals surface area contributed by atoms with Crippen molar-refractivity contribution in [2.75, 3.05) is 19.6 Å². The molecule has 3 heterocycles. The molecule has 2 aliphatic heterocycles. The Bertz CT molecular complexity index is 1030. The summed E-state index contributed by atoms with van der Waals surface area (Å²) in [5, 5.41) is 9.95. The summed E-state index contributed by atoms with van der Waals surface area (Å²) >= 11 is 0. The molecule has 1 aromatic heterocycles. The molecular formula is C21H21F4N5O3. The van der Waals surface area contributed by atoms with E-state index in [0.29, 0.717) is 12.0 Å². The van der Waals surface area contributed by atoms with Gasteiger partial charge in [-0.25, -0.2) is 17.6 Å². The van der Waals surface area contributed by atoms with Crippen LogP contribution in [0, 0.1) is 5.92 Å². The maximum atomic E-state index is 13.6. The lowest BCUT2D eigenvalue weighted by Gasteiger charge is -2.47. The molecule has 33 heavy (non-hydrogen) atoms. The number of hydrogen-bond acceptors (Lipinski definition) is 6. The number of pyridine rings is 1. The van der Waals surface area contributed by atoms with Crippen molar-refractivity contribution in [3.05, 3.63) is 41.4 Å². The molecular weight excluding hydrogens is 446 g/mol. The van der Waals surface area contributed by atoms with Crippen molar-refractivity contribution < 1.29 is 31.9 Å². The van der Waals surface area contributed by atoms with E-state index in [4.69, 9.17) is 0 Å². The number of rotatable bonds is 6. The third-order valence-corrected chi connectivity index (χ3v) is 6.08. The second kappa shape index (κ2) is 8.64. The summed E-state index contributed by atoms with van der Waals surface area (Å²) in [6.45, 7) is 0.356. The van der Waals surface area contributed by atoms with E-state index in [1.807, 2.05) is 0 Å². The Morgan fingerprint density at radius 3 is 2.64 bits per heavy atom. The molecule has 3 aliphatic rings. The first-order valence-corrected chi connectivity index (χ1v) is 10.4. The van der Waals surface area contributed by atoms with Gasteiger partial charge >= 0.3 is 11.8 Å². The van der Waals surface area contributed by atoms with Crippen molar-refractivity contribution in [1.82, 2.24) is 15.2 Å². The zero-order chi connectivity index (χ0) is 23.8. The van der Waals surface area contributed by atoms with E-state index in [0.717, 1.165) is 6.07 Å². The van der Waals surface area contributed by atoms with Gasteiger partial charge in [0.05, 0.1) is 17.8 Å². The maximum Gasteiger partial charge on any atom is 0.311 e. The summed E-state index contributed by atoms with van der Waals surface area (Å²) in [7, 11) is 0. The van der Waals surface area contributed by atoms with E-state index in [1.54, 1.807) is 0 Å². The Morgan fingerprint density at radius 2 is 2.00 bits per heavy atom. The highest BCUT2D eigenvalue weighted by Crippen LogP contribution is 2.50. The average Bonchev–Trinajstić information content (AvgIpc) is 3.44. The van der Waals surface area contributed by atoms with Gasteiger partial charge < -0.3 is 10.2 Å². The normalized spacial score (nSPS) is 22.8. The monoisotopic (exact) mass is 467 g/mol. The molecule has 4 rings (SSSR count). The number of Topliss-reactive ketones (excluding diaryl/α,β-unsaturated/α-hetero) is 1. The highest BCUT2D eigenvalue weighted by atomic mass is 19.3. The summed E-state index contributed by atoms with van der Waals surface area (Å²) in [6.07, 6.45) is -1.14. The summed E-state index contributed by atoms with van der Waals surface area (Å²) in [6, 6.07) is 2.63. The number of alkyl halides is 4. The minimum absolute atomic E-state index is 0.0105. The smallest absolute Gasteiger partial charge is 0.311 e. The predicted molar refractivity (Wildman–Crippen MR) is 105 cm³/mol. The second-order valence-electron chi connectivity index (χ2n) is 8.53. The van der Waals surface area contributed by atoms with Gasteiger partial charge in [-0.2, -0.15) is 10.2 Å². The van der Waals surface area contributed by atoms with Crippen molar-refractivity contribution in [3.63, 3.8) is 0 Å². The minimum atomic E-state index is -2.97. The van der Waals surface area contributed by atoms with E-state index in [2.05, 4.69) is 20.5 Å². The topological polar surface area (TPSA) is 104 Å². The highest BCUT2D eigenvalue weighted by Gasteiger charge is 2.60. The number of carbonyl (C=O) groups is 3. The SMILES string of the molecule is O=C(NC1(C2=CCN=N2)CC(F)(F)C1)C(=O)N1CC[C@H](C(=O)Cc2ccnc(C(F)F)c2)C1. The number of nitrogens with zero attached hydrogens (tertiary/aromatic N) is 4. The molecule has 2 fully saturated rings. The Hall–Kier alpha value is -3.18. The number of aromatic nitrogens is 1. The number of likely N-dealkylation sites (tertiary alicyclic amines) is 1. The van der Waals surface area contributed by atoms with Gasteiger partial charge in [0.2, 0.25) is 0 Å². The number of ketones is 1. The van der Waals surface area contributed by atoms with Crippen LogP contribution in [0.4, 0.5) is 17.6 Å². The van der Waals surface area contributed by atoms with Crippen LogP contribution in [0.2, 0.25) is 0 Å². The van der Waals surface area contributed by atoms with Crippen molar-refractivity contribution in [3.8, 4) is 0 Å². The predicted octanol–water partition coefficient (Wildman–Crippen LogP) is 2.61. The lowest BCUT2D eigenvalue weighted by Crippen LogP contribution is -2.64. The first kappa shape index (κ1) is 23.0. The van der Waals surface area contributed by atoms with Crippen LogP contribution in [0.15, 0.2) is 40.3 Å². The van der Waals surface area contributed by atoms with Crippen LogP contribution in [0.25, 0.3) is 0 Å². The molecule has 1 saturated heterocycles. The quantitative estimate of drug-likeness (QED) is 0.513. The number of nitrogens with one attached hydrogen (secondary N) is 1. The van der Waals surface area contributed by atoms with Crippen LogP contribution >= 0.6 is 0 Å². The molecule has 1 atom stereocenters. The lowest BCUT2D eigenvalue weighted by atomic mass is 9.71. The number of hydrogen-bond donors (Lipinski definition) is 1. The fourth-order valence-electron chi connectivity index (χ4n) is 4.43. The highest BCUT2D eigenvalue weighted by molar-refractivity contribution is 6.35. The zero-order valence-electron chi connectivity index (χ0n) is 17.4. The Labute approximate surface area is 186 Å². The fraction of sp³-hybridized carbons (Fsp3) is 0.524. The second-order valence-corrected chi connectivity index (χ2v) is 8.53. The maximum absolute atomic E-state index is 13.6. The van der Waals surface area contributed by atoms with Gasteiger partial charge in [-0.3, -0.25) is 19.4 Å². The van der Waals surface area contributed by atoms with Gasteiger partial charge in [0, 0.05) is 44.5 Å². The van der Waals surface area contributed by atoms with Gasteiger partial charge in [0.25, 0.3) is 12.3 Å². The van der Waals surface area contributed by atoms with Crippen molar-refractivity contribution in [2.45, 2.75) is 43.6 Å². The van der Waals surface area contributed by atoms with Crippen LogP contribution in [-0.4, -0.2) is 58.6 Å². The van der Waals surface area contributed by atoms with Gasteiger partial charge in [0.1, 0.15) is 11.5 Å². The summed E-state index contributed by atoms with van der Waals surface area (Å²) in [5.74, 6) is -5.74. The Balaban J connectivity index is 1.35. The molecule has 1 aromatic rings. The number of halogens is 4. The standard InChI is InChI=1S/C21H21F4N5O3/c22-17(23)14-7-12(1-4-26-14)8-15(31)13-3-6-30(9-13)19(33)18(32)28-20(10-21(24,25)11-20)16-2-5-27-29-16/h1-2,4,7,13,17H,3,5-6,8-11H2,(H,28,32)/t13-/m0/s1. The molecule has 2 amide bonds. The zero-order valence-corrected chi connectivity index (χ0v) is 17.4. The number of azo groups is 1. The molecule has 0 unspecified atom stereocenters. The van der Waals surface area contributed by atoms with Crippen molar-refractivity contribution >= 4 is 17.6 Å². The molecule has 0 bridgehead atoms. The first-order valence-electron chi connectivity index (χ1n) is 10.4. The van der Waals surface area contributed by atoms with Gasteiger partial charge in [-0.15, -0.1) is 0 Å². The molecule has 8 nitrogen and oxygen atoms in total. The summed E-state index contributed by atoms with van der Waals surface area (Å²) in [4.78, 5) is 42.6. The Morgan fingerprint density at radius 1 is 1.24 bits per heavy atom. The fourth-order valence-corrected chi connectivity index (χ4v) is 4.43. The molecule has 12 heteroatoms. The molecule has 0 spiro atoms. The summed E-state index contributed by atoms with van der Waals surface area (Å²) in [5.41, 5.74) is -1.26. The van der Waals surface area contributed by atoms with E-state index in [-0.39, 0.29) is 37.5 Å². The van der Waals surface area contributed by atoms with Crippen molar-refractivity contribution in [2.24, 2.45) is 16.1 Å². The van der Waals surface area contributed by atoms with Crippen molar-refractivity contribution in [1.29, 1.82) is 0 Å². The Kier molecular flexibility index (Phi) is 6.02. The van der Waals surface area contributed by atoms with Crippen LogP contribution in [0.1, 0.15) is 36.9 Å². The first-order chi connectivity index (χ1) is 15.6. The van der Waals surface area contributed by atoms with Crippen LogP contribution < -0.4 is 5.32 Å². The molecule has 0 aromatic carbocycles. The van der Waals surface area contributed by atoms with E-state index >= 15 is 0 Å². The van der Waals surface area contributed by atoms with Gasteiger partial charge in [0.15, 0.2) is 0 Å². The minimum Gasteiger partial charge on any atom is -0.336 e. The molecule has 1 N–H and O–H groups in total. The van der Waals surface area contributed by atoms with Gasteiger partial charge in [-0.05, 0) is 30.2 Å². The van der Waals surface area contributed by atoms with Crippen LogP contribution in [0.3, 0.4) is 0 Å². The average molecular weight is 467 g/mol. The summed E-state index contributed by atoms with van der Waals surface area (Å²) < 4.78 is 52.8. The third kappa shape index (κ3) is 4.79. The number of carbonyl (C=O) groups excluding carboxylic acids is 3.